The van der Waals surface area contributed by atoms with Gasteiger partial charge >= 0.3 is 6.09 Å². The van der Waals surface area contributed by atoms with Gasteiger partial charge in [0.2, 0.25) is 11.7 Å². The summed E-state index contributed by atoms with van der Waals surface area (Å²) in [6.07, 6.45) is 0.855. The summed E-state index contributed by atoms with van der Waals surface area (Å²) in [5, 5.41) is 4.04. The molecule has 1 aromatic heterocycles. The van der Waals surface area contributed by atoms with Gasteiger partial charge in [-0.05, 0) is 42.7 Å². The number of aryl methyl sites for hydroxylation is 1. The number of benzene rings is 2. The van der Waals surface area contributed by atoms with Crippen LogP contribution in [0.5, 0.6) is 11.5 Å². The van der Waals surface area contributed by atoms with Gasteiger partial charge in [0.25, 0.3) is 0 Å². The molecule has 11 heteroatoms. The highest BCUT2D eigenvalue weighted by atomic mass is 32.2. The van der Waals surface area contributed by atoms with Crippen molar-refractivity contribution < 1.29 is 27.9 Å². The second-order valence-corrected chi connectivity index (χ2v) is 7.19. The fourth-order valence-electron chi connectivity index (χ4n) is 2.85. The number of thioether (sulfide) groups is 1. The Bertz CT molecular complexity index is 1210. The lowest BCUT2D eigenvalue weighted by Gasteiger charge is -2.14. The molecule has 2 aromatic carbocycles. The summed E-state index contributed by atoms with van der Waals surface area (Å²) in [5.41, 5.74) is 1.39. The number of rotatable bonds is 6. The molecule has 0 radical (unpaired) electrons. The van der Waals surface area contributed by atoms with Crippen molar-refractivity contribution >= 4 is 34.3 Å². The van der Waals surface area contributed by atoms with E-state index in [4.69, 9.17) is 14.0 Å². The number of nitrogens with zero attached hydrogens (tertiary/aromatic N) is 4. The second kappa shape index (κ2) is 10.7. The summed E-state index contributed by atoms with van der Waals surface area (Å²) in [6, 6.07) is 9.94. The Morgan fingerprint density at radius 3 is 2.36 bits per heavy atom. The van der Waals surface area contributed by atoms with Gasteiger partial charge in [0.15, 0.2) is 17.3 Å². The number of aromatic nitrogens is 2. The molecule has 0 fully saturated rings. The Labute approximate surface area is 193 Å². The molecule has 0 N–H and O–H groups in total. The van der Waals surface area contributed by atoms with Crippen LogP contribution in [0, 0.1) is 12.7 Å². The van der Waals surface area contributed by atoms with Gasteiger partial charge in [-0.15, -0.1) is 11.8 Å². The lowest BCUT2D eigenvalue weighted by Crippen LogP contribution is -2.16. The Morgan fingerprint density at radius 2 is 1.82 bits per heavy atom. The first-order valence-corrected chi connectivity index (χ1v) is 10.8. The Balaban J connectivity index is 2.14. The van der Waals surface area contributed by atoms with Crippen molar-refractivity contribution in [3.8, 4) is 22.9 Å². The highest BCUT2D eigenvalue weighted by molar-refractivity contribution is 8.15. The van der Waals surface area contributed by atoms with Crippen molar-refractivity contribution in [2.24, 2.45) is 9.98 Å². The Hall–Kier alpha value is -3.73. The molecule has 3 rings (SSSR count). The van der Waals surface area contributed by atoms with E-state index in [-0.39, 0.29) is 27.8 Å². The summed E-state index contributed by atoms with van der Waals surface area (Å²) in [6.45, 7) is 1.70. The summed E-state index contributed by atoms with van der Waals surface area (Å²) < 4.78 is 35.4. The van der Waals surface area contributed by atoms with Crippen molar-refractivity contribution in [2.45, 2.75) is 6.92 Å². The third-order valence-corrected chi connectivity index (χ3v) is 5.07. The molecule has 0 saturated carbocycles. The molecule has 0 aliphatic heterocycles. The van der Waals surface area contributed by atoms with Gasteiger partial charge in [-0.2, -0.15) is 9.98 Å². The topological polar surface area (TPSA) is 108 Å². The van der Waals surface area contributed by atoms with Crippen LogP contribution in [0.15, 0.2) is 50.9 Å². The second-order valence-electron chi connectivity index (χ2n) is 6.40. The Morgan fingerprint density at radius 1 is 1.09 bits per heavy atom. The molecule has 9 nitrogen and oxygen atoms in total. The first-order chi connectivity index (χ1) is 15.9. The van der Waals surface area contributed by atoms with Crippen LogP contribution in [-0.4, -0.2) is 54.6 Å². The smallest absolute Gasteiger partial charge is 0.434 e. The van der Waals surface area contributed by atoms with Crippen LogP contribution in [0.4, 0.5) is 14.9 Å². The first-order valence-electron chi connectivity index (χ1n) is 9.53. The number of halogens is 1. The number of hydrogen-bond donors (Lipinski definition) is 0. The average Bonchev–Trinajstić information content (AvgIpc) is 3.27. The van der Waals surface area contributed by atoms with Crippen molar-refractivity contribution in [3.63, 3.8) is 0 Å². The zero-order valence-electron chi connectivity index (χ0n) is 18.6. The largest absolute Gasteiger partial charge is 0.493 e. The van der Waals surface area contributed by atoms with E-state index in [1.807, 2.05) is 0 Å². The SMILES string of the molecule is COC(=O)N=C(SC)C(=Nc1ccc(-c2noc(C)n2)cc1)c1ccc(OC)c(OC)c1F. The van der Waals surface area contributed by atoms with E-state index in [0.717, 1.165) is 17.3 Å². The van der Waals surface area contributed by atoms with Crippen molar-refractivity contribution in [3.05, 3.63) is 53.7 Å². The van der Waals surface area contributed by atoms with E-state index in [2.05, 4.69) is 24.9 Å². The summed E-state index contributed by atoms with van der Waals surface area (Å²) in [4.78, 5) is 24.5. The molecule has 0 aliphatic rings. The molecule has 172 valence electrons. The third kappa shape index (κ3) is 5.37. The highest BCUT2D eigenvalue weighted by Crippen LogP contribution is 2.33. The molecular weight excluding hydrogens is 451 g/mol. The average molecular weight is 472 g/mol. The number of amides is 1. The lowest BCUT2D eigenvalue weighted by atomic mass is 10.1. The van der Waals surface area contributed by atoms with Gasteiger partial charge in [-0.25, -0.2) is 14.2 Å². The number of carbonyl (C=O) groups excluding carboxylic acids is 1. The number of carbonyl (C=O) groups is 1. The predicted molar refractivity (Wildman–Crippen MR) is 124 cm³/mol. The summed E-state index contributed by atoms with van der Waals surface area (Å²) >= 11 is 1.12. The third-order valence-electron chi connectivity index (χ3n) is 4.40. The van der Waals surface area contributed by atoms with E-state index in [9.17, 15) is 4.79 Å². The van der Waals surface area contributed by atoms with Gasteiger partial charge in [-0.1, -0.05) is 5.16 Å². The molecule has 0 spiro atoms. The van der Waals surface area contributed by atoms with Gasteiger partial charge in [0, 0.05) is 18.1 Å². The van der Waals surface area contributed by atoms with Gasteiger partial charge in [0.05, 0.1) is 27.0 Å². The number of ether oxygens (including phenoxy) is 3. The molecule has 0 atom stereocenters. The maximum Gasteiger partial charge on any atom is 0.434 e. The molecular formula is C22H21FN4O5S. The molecule has 0 unspecified atom stereocenters. The molecule has 0 aliphatic carbocycles. The number of hydrogen-bond acceptors (Lipinski definition) is 9. The molecule has 3 aromatic rings. The predicted octanol–water partition coefficient (Wildman–Crippen LogP) is 4.85. The molecule has 33 heavy (non-hydrogen) atoms. The molecule has 1 amide bonds. The summed E-state index contributed by atoms with van der Waals surface area (Å²) in [5.74, 6) is 0.298. The number of methoxy groups -OCH3 is 3. The monoisotopic (exact) mass is 472 g/mol. The maximum atomic E-state index is 15.4. The minimum absolute atomic E-state index is 0.0718. The van der Waals surface area contributed by atoms with E-state index >= 15 is 4.39 Å². The van der Waals surface area contributed by atoms with Gasteiger partial charge in [0.1, 0.15) is 10.8 Å². The van der Waals surface area contributed by atoms with E-state index < -0.39 is 11.9 Å². The molecule has 0 saturated heterocycles. The van der Waals surface area contributed by atoms with Crippen LogP contribution in [0.1, 0.15) is 11.5 Å². The van der Waals surface area contributed by atoms with Crippen molar-refractivity contribution in [1.29, 1.82) is 0 Å². The van der Waals surface area contributed by atoms with E-state index in [1.165, 1.54) is 27.4 Å². The van der Waals surface area contributed by atoms with Gasteiger partial charge in [-0.3, -0.25) is 0 Å². The minimum Gasteiger partial charge on any atom is -0.493 e. The molecule has 1 heterocycles. The van der Waals surface area contributed by atoms with Crippen LogP contribution in [0.3, 0.4) is 0 Å². The van der Waals surface area contributed by atoms with E-state index in [0.29, 0.717) is 17.4 Å². The minimum atomic E-state index is -0.837. The normalized spacial score (nSPS) is 11.9. The zero-order chi connectivity index (χ0) is 24.0. The zero-order valence-corrected chi connectivity index (χ0v) is 19.4. The standard InChI is InChI=1S/C22H21FN4O5S/c1-12-24-20(27-32-12)13-6-8-14(9-7-13)25-18(21(33-5)26-22(28)31-4)15-10-11-16(29-2)19(30-3)17(15)23/h6-11H,1-5H3. The fraction of sp³-hybridized carbons (Fsp3) is 0.227. The highest BCUT2D eigenvalue weighted by Gasteiger charge is 2.23. The van der Waals surface area contributed by atoms with Crippen LogP contribution < -0.4 is 9.47 Å². The fourth-order valence-corrected chi connectivity index (χ4v) is 3.36. The van der Waals surface area contributed by atoms with Crippen LogP contribution in [0.2, 0.25) is 0 Å². The summed E-state index contributed by atoms with van der Waals surface area (Å²) in [7, 11) is 3.94. The van der Waals surface area contributed by atoms with Crippen LogP contribution in [-0.2, 0) is 4.74 Å². The quantitative estimate of drug-likeness (QED) is 0.370. The van der Waals surface area contributed by atoms with Crippen LogP contribution in [0.25, 0.3) is 11.4 Å². The van der Waals surface area contributed by atoms with Crippen LogP contribution >= 0.6 is 11.8 Å². The maximum absolute atomic E-state index is 15.4. The van der Waals surface area contributed by atoms with Crippen molar-refractivity contribution in [1.82, 2.24) is 10.1 Å². The van der Waals surface area contributed by atoms with Gasteiger partial charge < -0.3 is 18.7 Å². The molecule has 0 bridgehead atoms. The van der Waals surface area contributed by atoms with E-state index in [1.54, 1.807) is 43.5 Å². The lowest BCUT2D eigenvalue weighted by molar-refractivity contribution is 0.183. The number of aliphatic imine (C=N–C) groups is 2. The van der Waals surface area contributed by atoms with Crippen molar-refractivity contribution in [2.75, 3.05) is 27.6 Å². The Kier molecular flexibility index (Phi) is 7.78. The first kappa shape index (κ1) is 23.9.